The molecule has 0 aliphatic carbocycles. The van der Waals surface area contributed by atoms with E-state index in [4.69, 9.17) is 4.98 Å². The zero-order valence-electron chi connectivity index (χ0n) is 12.5. The summed E-state index contributed by atoms with van der Waals surface area (Å²) < 4.78 is 0. The van der Waals surface area contributed by atoms with Crippen molar-refractivity contribution in [3.8, 4) is 10.7 Å². The van der Waals surface area contributed by atoms with Crippen molar-refractivity contribution in [3.63, 3.8) is 0 Å². The zero-order chi connectivity index (χ0) is 14.5. The van der Waals surface area contributed by atoms with Crippen LogP contribution in [0.25, 0.3) is 10.7 Å². The molecule has 5 heteroatoms. The normalized spacial score (nSPS) is 19.0. The van der Waals surface area contributed by atoms with Crippen LogP contribution in [-0.2, 0) is 6.54 Å². The van der Waals surface area contributed by atoms with Gasteiger partial charge in [-0.3, -0.25) is 4.98 Å². The summed E-state index contributed by atoms with van der Waals surface area (Å²) in [6, 6.07) is 5.95. The van der Waals surface area contributed by atoms with Gasteiger partial charge in [0.15, 0.2) is 0 Å². The molecule has 1 aliphatic rings. The lowest BCUT2D eigenvalue weighted by molar-refractivity contribution is 0.236. The molecule has 1 unspecified atom stereocenters. The molecule has 3 heterocycles. The van der Waals surface area contributed by atoms with Crippen LogP contribution in [0.2, 0.25) is 0 Å². The van der Waals surface area contributed by atoms with Crippen LogP contribution in [0.5, 0.6) is 0 Å². The highest BCUT2D eigenvalue weighted by Gasteiger charge is 2.16. The fourth-order valence-electron chi connectivity index (χ4n) is 2.85. The monoisotopic (exact) mass is 302 g/mol. The molecule has 0 saturated carbocycles. The topological polar surface area (TPSA) is 41.1 Å². The first-order valence-corrected chi connectivity index (χ1v) is 8.44. The lowest BCUT2D eigenvalue weighted by atomic mass is 9.99. The maximum absolute atomic E-state index is 4.71. The van der Waals surface area contributed by atoms with Crippen molar-refractivity contribution >= 4 is 11.3 Å². The number of hydrogen-bond acceptors (Lipinski definition) is 5. The molecule has 0 amide bonds. The predicted octanol–water partition coefficient (Wildman–Crippen LogP) is 2.64. The van der Waals surface area contributed by atoms with E-state index in [1.807, 2.05) is 24.4 Å². The second-order valence-corrected chi connectivity index (χ2v) is 6.63. The van der Waals surface area contributed by atoms with Gasteiger partial charge in [0.05, 0.1) is 11.4 Å². The first kappa shape index (κ1) is 14.6. The van der Waals surface area contributed by atoms with Crippen molar-refractivity contribution in [2.24, 2.45) is 5.92 Å². The van der Waals surface area contributed by atoms with E-state index < -0.39 is 0 Å². The van der Waals surface area contributed by atoms with Crippen molar-refractivity contribution in [2.45, 2.75) is 19.4 Å². The molecule has 1 saturated heterocycles. The molecule has 4 nitrogen and oxygen atoms in total. The van der Waals surface area contributed by atoms with Crippen LogP contribution in [0.1, 0.15) is 18.5 Å². The number of aromatic nitrogens is 2. The Balaban J connectivity index is 1.56. The van der Waals surface area contributed by atoms with E-state index in [9.17, 15) is 0 Å². The minimum atomic E-state index is 0.776. The van der Waals surface area contributed by atoms with Gasteiger partial charge in [0.2, 0.25) is 0 Å². The summed E-state index contributed by atoms with van der Waals surface area (Å²) in [5.41, 5.74) is 2.11. The van der Waals surface area contributed by atoms with Crippen LogP contribution in [0, 0.1) is 5.92 Å². The van der Waals surface area contributed by atoms with E-state index in [0.29, 0.717) is 0 Å². The van der Waals surface area contributed by atoms with E-state index in [-0.39, 0.29) is 0 Å². The first-order valence-electron chi connectivity index (χ1n) is 7.56. The molecular formula is C16H22N4S. The van der Waals surface area contributed by atoms with Crippen LogP contribution in [0.4, 0.5) is 0 Å². The van der Waals surface area contributed by atoms with Crippen molar-refractivity contribution in [3.05, 3.63) is 35.5 Å². The van der Waals surface area contributed by atoms with Gasteiger partial charge >= 0.3 is 0 Å². The molecule has 1 atom stereocenters. The molecule has 0 spiro atoms. The van der Waals surface area contributed by atoms with Crippen molar-refractivity contribution in [1.82, 2.24) is 20.2 Å². The summed E-state index contributed by atoms with van der Waals surface area (Å²) in [5, 5.41) is 6.65. The molecular weight excluding hydrogens is 280 g/mol. The maximum Gasteiger partial charge on any atom is 0.142 e. The molecule has 2 aromatic rings. The number of nitrogens with one attached hydrogen (secondary N) is 1. The quantitative estimate of drug-likeness (QED) is 0.922. The minimum Gasteiger partial charge on any atom is -0.316 e. The molecule has 1 fully saturated rings. The van der Waals surface area contributed by atoms with Gasteiger partial charge in [0.25, 0.3) is 0 Å². The smallest absolute Gasteiger partial charge is 0.142 e. The number of thiazole rings is 1. The van der Waals surface area contributed by atoms with E-state index in [0.717, 1.165) is 41.9 Å². The van der Waals surface area contributed by atoms with Gasteiger partial charge in [-0.05, 0) is 51.0 Å². The Bertz CT molecular complexity index is 548. The van der Waals surface area contributed by atoms with E-state index >= 15 is 0 Å². The third-order valence-electron chi connectivity index (χ3n) is 3.84. The van der Waals surface area contributed by atoms with Gasteiger partial charge in [-0.15, -0.1) is 11.3 Å². The van der Waals surface area contributed by atoms with E-state index in [2.05, 4.69) is 27.6 Å². The Hall–Kier alpha value is -1.30. The predicted molar refractivity (Wildman–Crippen MR) is 87.3 cm³/mol. The zero-order valence-corrected chi connectivity index (χ0v) is 13.3. The number of piperidine rings is 1. The van der Waals surface area contributed by atoms with Crippen LogP contribution in [0.3, 0.4) is 0 Å². The highest BCUT2D eigenvalue weighted by Crippen LogP contribution is 2.22. The van der Waals surface area contributed by atoms with Crippen LogP contribution >= 0.6 is 11.3 Å². The minimum absolute atomic E-state index is 0.776. The van der Waals surface area contributed by atoms with Gasteiger partial charge in [0, 0.05) is 24.7 Å². The second-order valence-electron chi connectivity index (χ2n) is 5.77. The van der Waals surface area contributed by atoms with Crippen molar-refractivity contribution < 1.29 is 0 Å². The maximum atomic E-state index is 4.71. The molecule has 21 heavy (non-hydrogen) atoms. The fourth-order valence-corrected chi connectivity index (χ4v) is 3.63. The third kappa shape index (κ3) is 4.09. The molecule has 0 bridgehead atoms. The SMILES string of the molecule is CN(Cc1csc(-c2ccccn2)n1)CC1CCCNC1. The van der Waals surface area contributed by atoms with Crippen LogP contribution in [-0.4, -0.2) is 41.5 Å². The van der Waals surface area contributed by atoms with Gasteiger partial charge in [-0.2, -0.15) is 0 Å². The summed E-state index contributed by atoms with van der Waals surface area (Å²) in [5.74, 6) is 0.776. The molecule has 1 N–H and O–H groups in total. The lowest BCUT2D eigenvalue weighted by Gasteiger charge is -2.27. The van der Waals surface area contributed by atoms with Crippen molar-refractivity contribution in [2.75, 3.05) is 26.7 Å². The number of hydrogen-bond donors (Lipinski definition) is 1. The Morgan fingerprint density at radius 3 is 3.14 bits per heavy atom. The highest BCUT2D eigenvalue weighted by atomic mass is 32.1. The van der Waals surface area contributed by atoms with Gasteiger partial charge < -0.3 is 10.2 Å². The average Bonchev–Trinajstić information content (AvgIpc) is 2.97. The van der Waals surface area contributed by atoms with E-state index in [1.165, 1.54) is 19.4 Å². The molecule has 0 aromatic carbocycles. The third-order valence-corrected chi connectivity index (χ3v) is 4.75. The van der Waals surface area contributed by atoms with Gasteiger partial charge in [-0.25, -0.2) is 4.98 Å². The first-order chi connectivity index (χ1) is 10.3. The molecule has 112 valence electrons. The summed E-state index contributed by atoms with van der Waals surface area (Å²) >= 11 is 1.68. The highest BCUT2D eigenvalue weighted by molar-refractivity contribution is 7.13. The number of nitrogens with zero attached hydrogens (tertiary/aromatic N) is 3. The average molecular weight is 302 g/mol. The standard InChI is InChI=1S/C16H22N4S/c1-20(10-13-5-4-7-17-9-13)11-14-12-21-16(19-14)15-6-2-3-8-18-15/h2-3,6,8,12-13,17H,4-5,7,9-11H2,1H3. The van der Waals surface area contributed by atoms with Crippen molar-refractivity contribution in [1.29, 1.82) is 0 Å². The summed E-state index contributed by atoms with van der Waals surface area (Å²) in [4.78, 5) is 11.5. The summed E-state index contributed by atoms with van der Waals surface area (Å²) in [6.45, 7) is 4.39. The summed E-state index contributed by atoms with van der Waals surface area (Å²) in [6.07, 6.45) is 4.46. The summed E-state index contributed by atoms with van der Waals surface area (Å²) in [7, 11) is 2.19. The largest absolute Gasteiger partial charge is 0.316 e. The number of pyridine rings is 1. The van der Waals surface area contributed by atoms with Crippen LogP contribution < -0.4 is 5.32 Å². The Morgan fingerprint density at radius 2 is 2.38 bits per heavy atom. The van der Waals surface area contributed by atoms with E-state index in [1.54, 1.807) is 11.3 Å². The number of rotatable bonds is 5. The van der Waals surface area contributed by atoms with Gasteiger partial charge in [-0.1, -0.05) is 6.07 Å². The molecule has 0 radical (unpaired) electrons. The van der Waals surface area contributed by atoms with Gasteiger partial charge in [0.1, 0.15) is 5.01 Å². The lowest BCUT2D eigenvalue weighted by Crippen LogP contribution is -2.36. The molecule has 3 rings (SSSR count). The molecule has 2 aromatic heterocycles. The second kappa shape index (κ2) is 7.11. The molecule has 1 aliphatic heterocycles. The Labute approximate surface area is 130 Å². The Kier molecular flexibility index (Phi) is 4.95. The fraction of sp³-hybridized carbons (Fsp3) is 0.500. The Morgan fingerprint density at radius 1 is 1.43 bits per heavy atom. The van der Waals surface area contributed by atoms with Crippen LogP contribution in [0.15, 0.2) is 29.8 Å².